The van der Waals surface area contributed by atoms with Gasteiger partial charge in [0.05, 0.1) is 29.4 Å². The minimum absolute atomic E-state index is 0.00336. The van der Waals surface area contributed by atoms with E-state index in [1.54, 1.807) is 12.1 Å². The molecule has 2 aromatic carbocycles. The summed E-state index contributed by atoms with van der Waals surface area (Å²) in [5, 5.41) is 14.3. The summed E-state index contributed by atoms with van der Waals surface area (Å²) < 4.78 is 32.3. The second-order valence-corrected chi connectivity index (χ2v) is 10.1. The lowest BCUT2D eigenvalue weighted by Gasteiger charge is -2.31. The average molecular weight is 502 g/mol. The summed E-state index contributed by atoms with van der Waals surface area (Å²) in [5.74, 6) is -1.10. The Kier molecular flexibility index (Phi) is 7.60. The Balaban J connectivity index is 1.73. The zero-order chi connectivity index (χ0) is 23.5. The van der Waals surface area contributed by atoms with Crippen molar-refractivity contribution in [3.8, 4) is 5.75 Å². The number of halogens is 2. The van der Waals surface area contributed by atoms with E-state index in [-0.39, 0.29) is 41.0 Å². The molecule has 0 bridgehead atoms. The highest BCUT2D eigenvalue weighted by Crippen LogP contribution is 2.31. The molecule has 0 radical (unpaired) electrons. The number of piperidine rings is 1. The number of nitrogens with one attached hydrogen (secondary N) is 1. The van der Waals surface area contributed by atoms with E-state index in [1.807, 2.05) is 0 Å². The topological polar surface area (TPSA) is 119 Å². The van der Waals surface area contributed by atoms with Gasteiger partial charge in [-0.2, -0.15) is 0 Å². The van der Waals surface area contributed by atoms with Crippen LogP contribution in [-0.4, -0.2) is 43.8 Å². The van der Waals surface area contributed by atoms with Gasteiger partial charge >= 0.3 is 0 Å². The van der Waals surface area contributed by atoms with Crippen molar-refractivity contribution in [2.24, 2.45) is 5.92 Å². The highest BCUT2D eigenvalue weighted by Gasteiger charge is 2.33. The third-order valence-electron chi connectivity index (χ3n) is 5.15. The van der Waals surface area contributed by atoms with Gasteiger partial charge in [0.2, 0.25) is 15.9 Å². The Hall–Kier alpha value is -2.40. The maximum Gasteiger partial charge on any atom is 0.271 e. The summed E-state index contributed by atoms with van der Waals surface area (Å²) in [6, 6.07) is 8.47. The van der Waals surface area contributed by atoms with Gasteiger partial charge in [-0.1, -0.05) is 29.3 Å². The van der Waals surface area contributed by atoms with E-state index in [9.17, 15) is 23.3 Å². The molecular formula is C20H21Cl2N3O6S. The molecule has 0 aromatic heterocycles. The first kappa shape index (κ1) is 24.2. The van der Waals surface area contributed by atoms with Gasteiger partial charge in [-0.05, 0) is 36.6 Å². The molecule has 1 heterocycles. The second-order valence-electron chi connectivity index (χ2n) is 7.32. The number of amides is 1. The Bertz CT molecular complexity index is 1140. The largest absolute Gasteiger partial charge is 0.495 e. The van der Waals surface area contributed by atoms with Crippen molar-refractivity contribution in [1.29, 1.82) is 0 Å². The SMILES string of the molecule is COc1ccc([N+](=O)[O-])cc1NC(=O)C1CCCN(S(=O)(=O)Cc2ccc(Cl)cc2Cl)C1. The van der Waals surface area contributed by atoms with Crippen molar-refractivity contribution in [1.82, 2.24) is 4.31 Å². The number of methoxy groups -OCH3 is 1. The predicted molar refractivity (Wildman–Crippen MR) is 122 cm³/mol. The molecule has 0 aliphatic carbocycles. The number of nitro benzene ring substituents is 1. The van der Waals surface area contributed by atoms with Crippen LogP contribution in [0.5, 0.6) is 5.75 Å². The second kappa shape index (κ2) is 10.0. The van der Waals surface area contributed by atoms with E-state index in [0.717, 1.165) is 0 Å². The molecule has 2 aromatic rings. The van der Waals surface area contributed by atoms with E-state index in [4.69, 9.17) is 27.9 Å². The number of hydrogen-bond donors (Lipinski definition) is 1. The minimum Gasteiger partial charge on any atom is -0.495 e. The summed E-state index contributed by atoms with van der Waals surface area (Å²) in [4.78, 5) is 23.3. The molecule has 0 spiro atoms. The number of ether oxygens (including phenoxy) is 1. The molecule has 3 rings (SSSR count). The van der Waals surface area contributed by atoms with Crippen LogP contribution in [0, 0.1) is 16.0 Å². The Labute approximate surface area is 195 Å². The summed E-state index contributed by atoms with van der Waals surface area (Å²) in [6.07, 6.45) is 0.981. The predicted octanol–water partition coefficient (Wildman–Crippen LogP) is 4.09. The maximum atomic E-state index is 12.9. The molecule has 9 nitrogen and oxygen atoms in total. The zero-order valence-electron chi connectivity index (χ0n) is 17.1. The first-order valence-corrected chi connectivity index (χ1v) is 12.0. The van der Waals surface area contributed by atoms with Gasteiger partial charge in [0.1, 0.15) is 5.75 Å². The molecule has 32 heavy (non-hydrogen) atoms. The quantitative estimate of drug-likeness (QED) is 0.450. The lowest BCUT2D eigenvalue weighted by Crippen LogP contribution is -2.44. The van der Waals surface area contributed by atoms with Crippen molar-refractivity contribution in [2.45, 2.75) is 18.6 Å². The first-order valence-electron chi connectivity index (χ1n) is 9.66. The fourth-order valence-electron chi connectivity index (χ4n) is 3.48. The number of carbonyl (C=O) groups is 1. The van der Waals surface area contributed by atoms with Crippen LogP contribution < -0.4 is 10.1 Å². The van der Waals surface area contributed by atoms with Gasteiger partial charge in [-0.25, -0.2) is 12.7 Å². The molecular weight excluding hydrogens is 481 g/mol. The molecule has 12 heteroatoms. The summed E-state index contributed by atoms with van der Waals surface area (Å²) in [6.45, 7) is 0.286. The van der Waals surface area contributed by atoms with Crippen molar-refractivity contribution in [3.05, 3.63) is 62.1 Å². The standard InChI is InChI=1S/C20H21Cl2N3O6S/c1-31-19-7-6-16(25(27)28)10-18(19)23-20(26)13-3-2-8-24(11-13)32(29,30)12-14-4-5-15(21)9-17(14)22/h4-7,9-10,13H,2-3,8,11-12H2,1H3,(H,23,26). The van der Waals surface area contributed by atoms with Crippen molar-refractivity contribution < 1.29 is 22.9 Å². The number of rotatable bonds is 7. The number of non-ortho nitro benzene ring substituents is 1. The van der Waals surface area contributed by atoms with Crippen LogP contribution >= 0.6 is 23.2 Å². The lowest BCUT2D eigenvalue weighted by molar-refractivity contribution is -0.384. The van der Waals surface area contributed by atoms with Gasteiger partial charge < -0.3 is 10.1 Å². The number of anilines is 1. The molecule has 1 N–H and O–H groups in total. The van der Waals surface area contributed by atoms with Gasteiger partial charge in [-0.15, -0.1) is 0 Å². The molecule has 1 aliphatic rings. The zero-order valence-corrected chi connectivity index (χ0v) is 19.4. The van der Waals surface area contributed by atoms with Crippen molar-refractivity contribution in [2.75, 3.05) is 25.5 Å². The average Bonchev–Trinajstić information content (AvgIpc) is 2.75. The first-order chi connectivity index (χ1) is 15.1. The summed E-state index contributed by atoms with van der Waals surface area (Å²) in [7, 11) is -2.35. The number of nitro groups is 1. The van der Waals surface area contributed by atoms with Gasteiger partial charge in [0.25, 0.3) is 5.69 Å². The third-order valence-corrected chi connectivity index (χ3v) is 7.53. The third kappa shape index (κ3) is 5.69. The van der Waals surface area contributed by atoms with E-state index in [2.05, 4.69) is 5.32 Å². The molecule has 1 atom stereocenters. The molecule has 0 saturated carbocycles. The Morgan fingerprint density at radius 3 is 2.69 bits per heavy atom. The van der Waals surface area contributed by atoms with E-state index < -0.39 is 26.8 Å². The van der Waals surface area contributed by atoms with Crippen LogP contribution in [0.3, 0.4) is 0 Å². The molecule has 172 valence electrons. The fourth-order valence-corrected chi connectivity index (χ4v) is 5.67. The van der Waals surface area contributed by atoms with Crippen LogP contribution in [0.2, 0.25) is 10.0 Å². The monoisotopic (exact) mass is 501 g/mol. The normalized spacial score (nSPS) is 17.0. The van der Waals surface area contributed by atoms with Crippen LogP contribution in [-0.2, 0) is 20.6 Å². The van der Waals surface area contributed by atoms with Crippen LogP contribution in [0.4, 0.5) is 11.4 Å². The van der Waals surface area contributed by atoms with E-state index in [1.165, 1.54) is 35.7 Å². The minimum atomic E-state index is -3.73. The lowest BCUT2D eigenvalue weighted by atomic mass is 9.98. The fraction of sp³-hybridized carbons (Fsp3) is 0.350. The molecule has 1 aliphatic heterocycles. The number of hydrogen-bond acceptors (Lipinski definition) is 6. The summed E-state index contributed by atoms with van der Waals surface area (Å²) >= 11 is 12.0. The van der Waals surface area contributed by atoms with Crippen LogP contribution in [0.25, 0.3) is 0 Å². The van der Waals surface area contributed by atoms with E-state index in [0.29, 0.717) is 23.4 Å². The van der Waals surface area contributed by atoms with Crippen molar-refractivity contribution in [3.63, 3.8) is 0 Å². The summed E-state index contributed by atoms with van der Waals surface area (Å²) in [5.41, 5.74) is 0.373. The Morgan fingerprint density at radius 1 is 1.28 bits per heavy atom. The van der Waals surface area contributed by atoms with Crippen molar-refractivity contribution >= 4 is 50.5 Å². The van der Waals surface area contributed by atoms with Crippen LogP contribution in [0.1, 0.15) is 18.4 Å². The smallest absolute Gasteiger partial charge is 0.271 e. The van der Waals surface area contributed by atoms with Gasteiger partial charge in [0, 0.05) is 35.3 Å². The Morgan fingerprint density at radius 2 is 2.03 bits per heavy atom. The van der Waals surface area contributed by atoms with Crippen LogP contribution in [0.15, 0.2) is 36.4 Å². The van der Waals surface area contributed by atoms with Gasteiger partial charge in [-0.3, -0.25) is 14.9 Å². The van der Waals surface area contributed by atoms with Gasteiger partial charge in [0.15, 0.2) is 0 Å². The molecule has 1 amide bonds. The number of nitrogens with zero attached hydrogens (tertiary/aromatic N) is 2. The highest BCUT2D eigenvalue weighted by atomic mass is 35.5. The number of carbonyl (C=O) groups excluding carboxylic acids is 1. The molecule has 1 fully saturated rings. The number of sulfonamides is 1. The molecule has 1 saturated heterocycles. The van der Waals surface area contributed by atoms with E-state index >= 15 is 0 Å². The molecule has 1 unspecified atom stereocenters. The highest BCUT2D eigenvalue weighted by molar-refractivity contribution is 7.88. The number of benzene rings is 2. The maximum absolute atomic E-state index is 12.9.